The highest BCUT2D eigenvalue weighted by atomic mass is 35.5. The Morgan fingerprint density at radius 3 is 2.55 bits per heavy atom. The molecule has 2 amide bonds. The number of benzene rings is 1. The summed E-state index contributed by atoms with van der Waals surface area (Å²) in [6.07, 6.45) is -1.09. The first-order valence-corrected chi connectivity index (χ1v) is 14.6. The maximum atomic E-state index is 13.5. The van der Waals surface area contributed by atoms with Gasteiger partial charge in [-0.05, 0) is 56.2 Å². The standard InChI is InChI=1S/C28H38ClF3N4O4/c29-19-10-7-9-18(17-19)21-13-8-16-35(21)26(40)24(38)23(37)25(39)33-14-5-1-2-6-15-36-22-12-4-3-11-20(22)34-27(36)28(30,31)32/h7,9-10,17,20-24,37-38H,1-6,8,11-16H2,(H,33,39)/t20?,21?,22-,23-,24-/m1/s1. The number of nitrogens with one attached hydrogen (secondary N) is 1. The van der Waals surface area contributed by atoms with Crippen LogP contribution in [0.4, 0.5) is 13.2 Å². The number of rotatable bonds is 11. The van der Waals surface area contributed by atoms with Crippen molar-refractivity contribution in [1.82, 2.24) is 15.1 Å². The predicted octanol–water partition coefficient (Wildman–Crippen LogP) is 3.99. The van der Waals surface area contributed by atoms with E-state index in [-0.39, 0.29) is 24.7 Å². The van der Waals surface area contributed by atoms with Gasteiger partial charge in [0.25, 0.3) is 11.8 Å². The Labute approximate surface area is 237 Å². The average Bonchev–Trinajstić information content (AvgIpc) is 3.56. The van der Waals surface area contributed by atoms with Crippen molar-refractivity contribution in [2.45, 2.75) is 101 Å². The SMILES string of the molecule is O=C(NCCCCCCN1C(C(F)(F)F)=NC2CCCC[C@H]21)[C@H](O)[C@@H](O)C(=O)N1CCCC1c1cccc(Cl)c1. The monoisotopic (exact) mass is 586 g/mol. The maximum absolute atomic E-state index is 13.5. The molecule has 222 valence electrons. The van der Waals surface area contributed by atoms with Crippen molar-refractivity contribution >= 4 is 29.3 Å². The van der Waals surface area contributed by atoms with Gasteiger partial charge in [0.05, 0.1) is 18.1 Å². The van der Waals surface area contributed by atoms with Gasteiger partial charge in [-0.3, -0.25) is 14.6 Å². The van der Waals surface area contributed by atoms with Gasteiger partial charge in [0.2, 0.25) is 5.84 Å². The second-order valence-corrected chi connectivity index (χ2v) is 11.3. The molecular weight excluding hydrogens is 549 g/mol. The summed E-state index contributed by atoms with van der Waals surface area (Å²) in [6.45, 7) is 0.914. The van der Waals surface area contributed by atoms with Crippen molar-refractivity contribution in [3.8, 4) is 0 Å². The topological polar surface area (TPSA) is 105 Å². The van der Waals surface area contributed by atoms with Gasteiger partial charge in [0.15, 0.2) is 12.2 Å². The van der Waals surface area contributed by atoms with Gasteiger partial charge in [-0.1, -0.05) is 49.4 Å². The van der Waals surface area contributed by atoms with E-state index in [1.54, 1.807) is 18.2 Å². The van der Waals surface area contributed by atoms with Gasteiger partial charge in [-0.25, -0.2) is 0 Å². The second-order valence-electron chi connectivity index (χ2n) is 10.9. The molecule has 3 N–H and O–H groups in total. The number of amides is 2. The van der Waals surface area contributed by atoms with Crippen LogP contribution in [0.5, 0.6) is 0 Å². The van der Waals surface area contributed by atoms with E-state index in [0.717, 1.165) is 31.2 Å². The van der Waals surface area contributed by atoms with E-state index in [4.69, 9.17) is 11.6 Å². The zero-order chi connectivity index (χ0) is 28.9. The van der Waals surface area contributed by atoms with Crippen LogP contribution in [0, 0.1) is 0 Å². The summed E-state index contributed by atoms with van der Waals surface area (Å²) in [5.41, 5.74) is 0.828. The van der Waals surface area contributed by atoms with Crippen molar-refractivity contribution in [2.75, 3.05) is 19.6 Å². The molecule has 40 heavy (non-hydrogen) atoms. The van der Waals surface area contributed by atoms with Crippen LogP contribution in [-0.2, 0) is 9.59 Å². The van der Waals surface area contributed by atoms with Crippen LogP contribution in [0.15, 0.2) is 29.3 Å². The molecule has 2 heterocycles. The first kappa shape index (κ1) is 30.6. The number of alkyl halides is 3. The normalized spacial score (nSPS) is 24.4. The van der Waals surface area contributed by atoms with E-state index >= 15 is 0 Å². The quantitative estimate of drug-likeness (QED) is 0.340. The molecule has 1 aromatic rings. The fourth-order valence-corrected chi connectivity index (χ4v) is 6.32. The number of hydrogen-bond donors (Lipinski definition) is 3. The summed E-state index contributed by atoms with van der Waals surface area (Å²) in [5.74, 6) is -2.30. The Kier molecular flexibility index (Phi) is 10.3. The van der Waals surface area contributed by atoms with Crippen molar-refractivity contribution < 1.29 is 33.0 Å². The third-order valence-corrected chi connectivity index (χ3v) is 8.36. The fourth-order valence-electron chi connectivity index (χ4n) is 6.12. The van der Waals surface area contributed by atoms with Gasteiger partial charge in [-0.15, -0.1) is 0 Å². The molecule has 8 nitrogen and oxygen atoms in total. The van der Waals surface area contributed by atoms with Crippen LogP contribution in [0.25, 0.3) is 0 Å². The third kappa shape index (κ3) is 7.28. The number of amidine groups is 1. The van der Waals surface area contributed by atoms with Crippen LogP contribution in [0.2, 0.25) is 5.02 Å². The average molecular weight is 587 g/mol. The van der Waals surface area contributed by atoms with Crippen molar-refractivity contribution in [2.24, 2.45) is 4.99 Å². The Balaban J connectivity index is 1.16. The van der Waals surface area contributed by atoms with Gasteiger partial charge in [0.1, 0.15) is 0 Å². The molecule has 2 aliphatic heterocycles. The van der Waals surface area contributed by atoms with E-state index in [9.17, 15) is 33.0 Å². The Bertz CT molecular complexity index is 1070. The van der Waals surface area contributed by atoms with Gasteiger partial charge in [0, 0.05) is 24.7 Å². The lowest BCUT2D eigenvalue weighted by Gasteiger charge is -2.33. The number of aliphatic imine (C=N–C) groups is 1. The zero-order valence-electron chi connectivity index (χ0n) is 22.5. The minimum absolute atomic E-state index is 0.165. The van der Waals surface area contributed by atoms with E-state index in [1.165, 1.54) is 9.80 Å². The zero-order valence-corrected chi connectivity index (χ0v) is 23.2. The largest absolute Gasteiger partial charge is 0.449 e. The van der Waals surface area contributed by atoms with Crippen LogP contribution >= 0.6 is 11.6 Å². The number of hydrogen-bond acceptors (Lipinski definition) is 6. The van der Waals surface area contributed by atoms with Gasteiger partial charge < -0.3 is 25.3 Å². The summed E-state index contributed by atoms with van der Waals surface area (Å²) in [7, 11) is 0. The highest BCUT2D eigenvalue weighted by Gasteiger charge is 2.48. The van der Waals surface area contributed by atoms with Gasteiger partial charge in [-0.2, -0.15) is 13.2 Å². The Morgan fingerprint density at radius 1 is 1.05 bits per heavy atom. The minimum atomic E-state index is -4.45. The molecule has 1 aliphatic carbocycles. The van der Waals surface area contributed by atoms with E-state index in [1.807, 2.05) is 6.07 Å². The van der Waals surface area contributed by atoms with E-state index in [0.29, 0.717) is 56.6 Å². The highest BCUT2D eigenvalue weighted by Crippen LogP contribution is 2.36. The molecule has 0 radical (unpaired) electrons. The van der Waals surface area contributed by atoms with Crippen molar-refractivity contribution in [3.63, 3.8) is 0 Å². The molecule has 2 unspecified atom stereocenters. The van der Waals surface area contributed by atoms with Crippen LogP contribution in [0.3, 0.4) is 0 Å². The first-order chi connectivity index (χ1) is 19.1. The van der Waals surface area contributed by atoms with Crippen LogP contribution in [-0.4, -0.2) is 87.8 Å². The van der Waals surface area contributed by atoms with Gasteiger partial charge >= 0.3 is 6.18 Å². The van der Waals surface area contributed by atoms with E-state index in [2.05, 4.69) is 10.3 Å². The number of aliphatic hydroxyl groups is 2. The molecular formula is C28H38ClF3N4O4. The number of aliphatic hydroxyl groups excluding tert-OH is 2. The number of fused-ring (bicyclic) bond motifs is 1. The first-order valence-electron chi connectivity index (χ1n) is 14.2. The third-order valence-electron chi connectivity index (χ3n) is 8.12. The Morgan fingerprint density at radius 2 is 1.80 bits per heavy atom. The molecule has 0 aromatic heterocycles. The molecule has 12 heteroatoms. The number of unbranched alkanes of at least 4 members (excludes halogenated alkanes) is 3. The molecule has 0 spiro atoms. The summed E-state index contributed by atoms with van der Waals surface area (Å²) >= 11 is 6.08. The lowest BCUT2D eigenvalue weighted by Crippen LogP contribution is -2.50. The fraction of sp³-hybridized carbons (Fsp3) is 0.679. The summed E-state index contributed by atoms with van der Waals surface area (Å²) in [5, 5.41) is 23.9. The minimum Gasteiger partial charge on any atom is -0.380 e. The lowest BCUT2D eigenvalue weighted by molar-refractivity contribution is -0.153. The second kappa shape index (κ2) is 13.5. The molecule has 1 saturated carbocycles. The van der Waals surface area contributed by atoms with Crippen LogP contribution < -0.4 is 5.32 Å². The van der Waals surface area contributed by atoms with E-state index < -0.39 is 36.0 Å². The Hall–Kier alpha value is -2.37. The molecule has 4 rings (SSSR count). The molecule has 2 fully saturated rings. The molecule has 1 saturated heterocycles. The summed E-state index contributed by atoms with van der Waals surface area (Å²) in [6, 6.07) is 6.39. The molecule has 3 aliphatic rings. The maximum Gasteiger partial charge on any atom is 0.449 e. The smallest absolute Gasteiger partial charge is 0.380 e. The number of likely N-dealkylation sites (tertiary alicyclic amines) is 1. The molecule has 0 bridgehead atoms. The van der Waals surface area contributed by atoms with Crippen molar-refractivity contribution in [3.05, 3.63) is 34.9 Å². The van der Waals surface area contributed by atoms with Crippen LogP contribution in [0.1, 0.15) is 75.8 Å². The number of carbonyl (C=O) groups excluding carboxylic acids is 2. The predicted molar refractivity (Wildman–Crippen MR) is 145 cm³/mol. The highest BCUT2D eigenvalue weighted by molar-refractivity contribution is 6.30. The molecule has 1 aromatic carbocycles. The van der Waals surface area contributed by atoms with Crippen molar-refractivity contribution in [1.29, 1.82) is 0 Å². The number of carbonyl (C=O) groups is 2. The summed E-state index contributed by atoms with van der Waals surface area (Å²) in [4.78, 5) is 32.2. The lowest BCUT2D eigenvalue weighted by atomic mass is 9.90. The molecule has 5 atom stereocenters. The number of nitrogens with zero attached hydrogens (tertiary/aromatic N) is 3. The summed E-state index contributed by atoms with van der Waals surface area (Å²) < 4.78 is 40.5. The number of halogens is 4.